The van der Waals surface area contributed by atoms with E-state index in [1.807, 2.05) is 36.5 Å². The van der Waals surface area contributed by atoms with Crippen molar-refractivity contribution in [3.8, 4) is 5.75 Å². The molecule has 1 aromatic carbocycles. The van der Waals surface area contributed by atoms with Gasteiger partial charge in [0.25, 0.3) is 0 Å². The second-order valence-corrected chi connectivity index (χ2v) is 9.12. The number of ketones is 1. The second-order valence-electron chi connectivity index (χ2n) is 6.57. The van der Waals surface area contributed by atoms with E-state index in [9.17, 15) is 4.79 Å². The van der Waals surface area contributed by atoms with Crippen molar-refractivity contribution < 1.29 is 9.53 Å². The Balaban J connectivity index is 1.59. The van der Waals surface area contributed by atoms with Gasteiger partial charge < -0.3 is 4.74 Å². The van der Waals surface area contributed by atoms with Crippen molar-refractivity contribution in [3.05, 3.63) is 50.1 Å². The van der Waals surface area contributed by atoms with Crippen LogP contribution in [-0.4, -0.2) is 48.4 Å². The highest BCUT2D eigenvalue weighted by Crippen LogP contribution is 2.25. The molecule has 0 amide bonds. The summed E-state index contributed by atoms with van der Waals surface area (Å²) in [5.41, 5.74) is 1.86. The topological polar surface area (TPSA) is 32.8 Å². The maximum absolute atomic E-state index is 11.7. The van der Waals surface area contributed by atoms with Gasteiger partial charge in [-0.1, -0.05) is 0 Å². The monoisotopic (exact) mass is 436 g/mol. The zero-order valence-corrected chi connectivity index (χ0v) is 17.7. The summed E-state index contributed by atoms with van der Waals surface area (Å²) in [6.07, 6.45) is 0. The van der Waals surface area contributed by atoms with Gasteiger partial charge in [0.1, 0.15) is 5.75 Å². The molecule has 0 atom stereocenters. The number of hydrogen-bond acceptors (Lipinski definition) is 5. The standard InChI is InChI=1S/C20H25BrN2O2S/c1-3-25-19-6-4-16(15(2)24)12-17(19)13-22-8-10-23(11-9-22)14-18-5-7-20(21)26-18/h4-7,12H,3,8-11,13-14H2,1-2H3. The number of hydrogen-bond donors (Lipinski definition) is 0. The first kappa shape index (κ1) is 19.5. The Bertz CT molecular complexity index is 754. The first-order valence-electron chi connectivity index (χ1n) is 9.00. The molecule has 0 unspecified atom stereocenters. The van der Waals surface area contributed by atoms with Crippen molar-refractivity contribution in [1.29, 1.82) is 0 Å². The molecule has 1 aliphatic heterocycles. The summed E-state index contributed by atoms with van der Waals surface area (Å²) in [5.74, 6) is 0.990. The molecule has 0 saturated carbocycles. The lowest BCUT2D eigenvalue weighted by molar-refractivity contribution is 0.101. The molecule has 6 heteroatoms. The summed E-state index contributed by atoms with van der Waals surface area (Å²) in [7, 11) is 0. The third kappa shape index (κ3) is 5.16. The van der Waals surface area contributed by atoms with E-state index in [0.29, 0.717) is 6.61 Å². The minimum absolute atomic E-state index is 0.0984. The van der Waals surface area contributed by atoms with Crippen LogP contribution in [0.2, 0.25) is 0 Å². The molecule has 0 spiro atoms. The lowest BCUT2D eigenvalue weighted by Gasteiger charge is -2.34. The number of piperazine rings is 1. The molecule has 1 saturated heterocycles. The number of benzene rings is 1. The smallest absolute Gasteiger partial charge is 0.159 e. The molecular formula is C20H25BrN2O2S. The highest BCUT2D eigenvalue weighted by atomic mass is 79.9. The van der Waals surface area contributed by atoms with Crippen LogP contribution in [0.4, 0.5) is 0 Å². The Labute approximate surface area is 167 Å². The van der Waals surface area contributed by atoms with Crippen molar-refractivity contribution in [3.63, 3.8) is 0 Å². The minimum Gasteiger partial charge on any atom is -0.494 e. The Hall–Kier alpha value is -1.21. The van der Waals surface area contributed by atoms with E-state index in [-0.39, 0.29) is 5.78 Å². The molecule has 4 nitrogen and oxygen atoms in total. The predicted molar refractivity (Wildman–Crippen MR) is 110 cm³/mol. The highest BCUT2D eigenvalue weighted by molar-refractivity contribution is 9.11. The number of Topliss-reactive ketones (excluding diaryl/α,β-unsaturated/α-hetero) is 1. The van der Waals surface area contributed by atoms with Crippen molar-refractivity contribution in [2.45, 2.75) is 26.9 Å². The lowest BCUT2D eigenvalue weighted by atomic mass is 10.1. The van der Waals surface area contributed by atoms with Gasteiger partial charge in [-0.05, 0) is 60.1 Å². The Morgan fingerprint density at radius 2 is 1.81 bits per heavy atom. The van der Waals surface area contributed by atoms with Crippen molar-refractivity contribution in [2.75, 3.05) is 32.8 Å². The minimum atomic E-state index is 0.0984. The van der Waals surface area contributed by atoms with E-state index >= 15 is 0 Å². The normalized spacial score (nSPS) is 16.0. The number of carbonyl (C=O) groups is 1. The van der Waals surface area contributed by atoms with Gasteiger partial charge in [0, 0.05) is 55.3 Å². The summed E-state index contributed by atoms with van der Waals surface area (Å²) in [6.45, 7) is 10.3. The zero-order chi connectivity index (χ0) is 18.5. The maximum Gasteiger partial charge on any atom is 0.159 e. The molecular weight excluding hydrogens is 412 g/mol. The van der Waals surface area contributed by atoms with Crippen LogP contribution in [0.1, 0.15) is 34.6 Å². The van der Waals surface area contributed by atoms with E-state index in [1.54, 1.807) is 6.92 Å². The Morgan fingerprint density at radius 3 is 2.38 bits per heavy atom. The van der Waals surface area contributed by atoms with Gasteiger partial charge in [-0.15, -0.1) is 11.3 Å². The fraction of sp³-hybridized carbons (Fsp3) is 0.450. The number of nitrogens with zero attached hydrogens (tertiary/aromatic N) is 2. The van der Waals surface area contributed by atoms with Gasteiger partial charge in [-0.2, -0.15) is 0 Å². The predicted octanol–water partition coefficient (Wildman–Crippen LogP) is 4.43. The molecule has 0 bridgehead atoms. The van der Waals surface area contributed by atoms with Crippen molar-refractivity contribution in [2.24, 2.45) is 0 Å². The molecule has 26 heavy (non-hydrogen) atoms. The Kier molecular flexibility index (Phi) is 6.86. The number of carbonyl (C=O) groups excluding carboxylic acids is 1. The SMILES string of the molecule is CCOc1ccc(C(C)=O)cc1CN1CCN(Cc2ccc(Br)s2)CC1. The molecule has 1 aliphatic rings. The summed E-state index contributed by atoms with van der Waals surface area (Å²) in [6, 6.07) is 10.1. The van der Waals surface area contributed by atoms with Crippen LogP contribution >= 0.6 is 27.3 Å². The van der Waals surface area contributed by atoms with Gasteiger partial charge in [-0.3, -0.25) is 14.6 Å². The summed E-state index contributed by atoms with van der Waals surface area (Å²) < 4.78 is 6.96. The van der Waals surface area contributed by atoms with Crippen LogP contribution < -0.4 is 4.74 Å². The fourth-order valence-electron chi connectivity index (χ4n) is 3.22. The van der Waals surface area contributed by atoms with Gasteiger partial charge in [0.2, 0.25) is 0 Å². The lowest BCUT2D eigenvalue weighted by Crippen LogP contribution is -2.45. The Morgan fingerprint density at radius 1 is 1.12 bits per heavy atom. The number of ether oxygens (including phenoxy) is 1. The van der Waals surface area contributed by atoms with Gasteiger partial charge in [0.05, 0.1) is 10.4 Å². The van der Waals surface area contributed by atoms with E-state index in [0.717, 1.165) is 56.1 Å². The molecule has 1 aromatic heterocycles. The molecule has 2 aromatic rings. The number of thiophene rings is 1. The summed E-state index contributed by atoms with van der Waals surface area (Å²) in [4.78, 5) is 18.1. The molecule has 3 rings (SSSR count). The molecule has 0 aliphatic carbocycles. The number of rotatable bonds is 7. The van der Waals surface area contributed by atoms with E-state index < -0.39 is 0 Å². The van der Waals surface area contributed by atoms with Gasteiger partial charge >= 0.3 is 0 Å². The van der Waals surface area contributed by atoms with Crippen molar-refractivity contribution in [1.82, 2.24) is 9.80 Å². The molecule has 1 fully saturated rings. The zero-order valence-electron chi connectivity index (χ0n) is 15.3. The van der Waals surface area contributed by atoms with E-state index in [4.69, 9.17) is 4.74 Å². The van der Waals surface area contributed by atoms with Crippen LogP contribution in [0.15, 0.2) is 34.1 Å². The average Bonchev–Trinajstić information content (AvgIpc) is 3.03. The number of halogens is 1. The third-order valence-corrected chi connectivity index (χ3v) is 6.24. The average molecular weight is 437 g/mol. The molecule has 140 valence electrons. The highest BCUT2D eigenvalue weighted by Gasteiger charge is 2.19. The first-order chi connectivity index (χ1) is 12.5. The van der Waals surface area contributed by atoms with Crippen LogP contribution in [-0.2, 0) is 13.1 Å². The van der Waals surface area contributed by atoms with Crippen molar-refractivity contribution >= 4 is 33.0 Å². The van der Waals surface area contributed by atoms with Gasteiger partial charge in [-0.25, -0.2) is 0 Å². The first-order valence-corrected chi connectivity index (χ1v) is 10.6. The third-order valence-electron chi connectivity index (χ3n) is 4.63. The second kappa shape index (κ2) is 9.13. The fourth-order valence-corrected chi connectivity index (χ4v) is 4.75. The quantitative estimate of drug-likeness (QED) is 0.600. The van der Waals surface area contributed by atoms with E-state index in [1.165, 1.54) is 8.66 Å². The van der Waals surface area contributed by atoms with Gasteiger partial charge in [0.15, 0.2) is 5.78 Å². The maximum atomic E-state index is 11.7. The summed E-state index contributed by atoms with van der Waals surface area (Å²) >= 11 is 5.34. The van der Waals surface area contributed by atoms with Crippen LogP contribution in [0.25, 0.3) is 0 Å². The largest absolute Gasteiger partial charge is 0.494 e. The summed E-state index contributed by atoms with van der Waals surface area (Å²) in [5, 5.41) is 0. The van der Waals surface area contributed by atoms with Crippen LogP contribution in [0.5, 0.6) is 5.75 Å². The molecule has 0 radical (unpaired) electrons. The van der Waals surface area contributed by atoms with Crippen LogP contribution in [0.3, 0.4) is 0 Å². The van der Waals surface area contributed by atoms with E-state index in [2.05, 4.69) is 37.9 Å². The molecule has 2 heterocycles. The molecule has 0 N–H and O–H groups in total. The van der Waals surface area contributed by atoms with Crippen LogP contribution in [0, 0.1) is 0 Å².